The molecule has 0 aliphatic carbocycles. The number of thiophene rings is 1. The third-order valence-corrected chi connectivity index (χ3v) is 3.84. The van der Waals surface area contributed by atoms with Gasteiger partial charge in [0.15, 0.2) is 0 Å². The first-order valence-corrected chi connectivity index (χ1v) is 6.87. The SMILES string of the molecule is CC(C)C[C@H](NCc1cc(Cl)sc1Cl)C(=O)O. The van der Waals surface area contributed by atoms with E-state index in [0.717, 1.165) is 5.56 Å². The van der Waals surface area contributed by atoms with Crippen LogP contribution in [-0.4, -0.2) is 17.1 Å². The molecule has 0 saturated heterocycles. The summed E-state index contributed by atoms with van der Waals surface area (Å²) < 4.78 is 1.22. The number of carboxylic acid groups (broad SMARTS) is 1. The topological polar surface area (TPSA) is 49.3 Å². The molecule has 1 atom stereocenters. The van der Waals surface area contributed by atoms with E-state index in [1.807, 2.05) is 13.8 Å². The molecule has 0 aromatic carbocycles. The number of carboxylic acids is 1. The van der Waals surface area contributed by atoms with E-state index < -0.39 is 12.0 Å². The van der Waals surface area contributed by atoms with Crippen molar-refractivity contribution in [2.24, 2.45) is 5.92 Å². The lowest BCUT2D eigenvalue weighted by molar-refractivity contribution is -0.140. The van der Waals surface area contributed by atoms with Crippen molar-refractivity contribution in [3.63, 3.8) is 0 Å². The van der Waals surface area contributed by atoms with E-state index in [1.165, 1.54) is 11.3 Å². The van der Waals surface area contributed by atoms with Gasteiger partial charge in [0.2, 0.25) is 0 Å². The van der Waals surface area contributed by atoms with E-state index >= 15 is 0 Å². The van der Waals surface area contributed by atoms with Crippen molar-refractivity contribution in [1.82, 2.24) is 5.32 Å². The number of hydrogen-bond acceptors (Lipinski definition) is 3. The fourth-order valence-electron chi connectivity index (χ4n) is 1.47. The second-order valence-electron chi connectivity index (χ2n) is 4.25. The standard InChI is InChI=1S/C11H15Cl2NO2S/c1-6(2)3-8(11(15)16)14-5-7-4-9(12)17-10(7)13/h4,6,8,14H,3,5H2,1-2H3,(H,15,16)/t8-/m0/s1. The molecule has 0 bridgehead atoms. The van der Waals surface area contributed by atoms with Gasteiger partial charge in [-0.05, 0) is 24.0 Å². The number of nitrogens with one attached hydrogen (secondary N) is 1. The van der Waals surface area contributed by atoms with E-state index in [2.05, 4.69) is 5.32 Å². The first-order valence-electron chi connectivity index (χ1n) is 5.30. The largest absolute Gasteiger partial charge is 0.480 e. The molecule has 0 spiro atoms. The highest BCUT2D eigenvalue weighted by molar-refractivity contribution is 7.20. The zero-order valence-corrected chi connectivity index (χ0v) is 12.0. The second-order valence-corrected chi connectivity index (χ2v) is 6.54. The summed E-state index contributed by atoms with van der Waals surface area (Å²) in [4.78, 5) is 11.0. The van der Waals surface area contributed by atoms with Crippen molar-refractivity contribution in [1.29, 1.82) is 0 Å². The van der Waals surface area contributed by atoms with Gasteiger partial charge in [-0.2, -0.15) is 0 Å². The van der Waals surface area contributed by atoms with Crippen LogP contribution in [0.2, 0.25) is 8.67 Å². The third kappa shape index (κ3) is 4.84. The third-order valence-electron chi connectivity index (χ3n) is 2.27. The molecule has 17 heavy (non-hydrogen) atoms. The number of carbonyl (C=O) groups is 1. The Hall–Kier alpha value is -0.290. The quantitative estimate of drug-likeness (QED) is 0.842. The number of aliphatic carboxylic acids is 1. The van der Waals surface area contributed by atoms with Gasteiger partial charge in [0, 0.05) is 6.54 Å². The highest BCUT2D eigenvalue weighted by atomic mass is 35.5. The monoisotopic (exact) mass is 295 g/mol. The lowest BCUT2D eigenvalue weighted by atomic mass is 10.0. The molecule has 6 heteroatoms. The fourth-order valence-corrected chi connectivity index (χ4v) is 2.96. The molecular weight excluding hydrogens is 281 g/mol. The molecule has 3 nitrogen and oxygen atoms in total. The Kier molecular flexibility index (Phi) is 5.73. The molecule has 0 aliphatic rings. The normalized spacial score (nSPS) is 13.0. The van der Waals surface area contributed by atoms with Gasteiger partial charge in [-0.25, -0.2) is 0 Å². The molecule has 1 heterocycles. The van der Waals surface area contributed by atoms with Crippen molar-refractivity contribution in [3.8, 4) is 0 Å². The van der Waals surface area contributed by atoms with Gasteiger partial charge in [0.05, 0.1) is 8.67 Å². The molecule has 1 aromatic rings. The average molecular weight is 296 g/mol. The van der Waals surface area contributed by atoms with Crippen LogP contribution in [0.5, 0.6) is 0 Å². The average Bonchev–Trinajstić information content (AvgIpc) is 2.51. The summed E-state index contributed by atoms with van der Waals surface area (Å²) in [7, 11) is 0. The van der Waals surface area contributed by atoms with Crippen molar-refractivity contribution in [2.45, 2.75) is 32.9 Å². The first kappa shape index (κ1) is 14.8. The predicted molar refractivity (Wildman–Crippen MR) is 72.1 cm³/mol. The van der Waals surface area contributed by atoms with Crippen LogP contribution in [0.1, 0.15) is 25.8 Å². The zero-order chi connectivity index (χ0) is 13.0. The molecule has 0 radical (unpaired) electrons. The van der Waals surface area contributed by atoms with Gasteiger partial charge in [-0.3, -0.25) is 4.79 Å². The summed E-state index contributed by atoms with van der Waals surface area (Å²) in [5.74, 6) is -0.513. The Morgan fingerprint density at radius 1 is 1.53 bits per heavy atom. The Labute approximate surface area is 115 Å². The first-order chi connectivity index (χ1) is 7.90. The Bertz CT molecular complexity index is 393. The van der Waals surface area contributed by atoms with Crippen LogP contribution in [-0.2, 0) is 11.3 Å². The second kappa shape index (κ2) is 6.59. The van der Waals surface area contributed by atoms with Gasteiger partial charge in [0.25, 0.3) is 0 Å². The molecule has 2 N–H and O–H groups in total. The molecule has 0 unspecified atom stereocenters. The maximum Gasteiger partial charge on any atom is 0.320 e. The van der Waals surface area contributed by atoms with Gasteiger partial charge in [-0.15, -0.1) is 11.3 Å². The predicted octanol–water partition coefficient (Wildman–Crippen LogP) is 3.64. The van der Waals surface area contributed by atoms with Gasteiger partial charge < -0.3 is 10.4 Å². The minimum atomic E-state index is -0.837. The molecule has 0 amide bonds. The van der Waals surface area contributed by atoms with Crippen LogP contribution in [0, 0.1) is 5.92 Å². The van der Waals surface area contributed by atoms with Crippen LogP contribution in [0.25, 0.3) is 0 Å². The van der Waals surface area contributed by atoms with E-state index in [9.17, 15) is 4.79 Å². The molecular formula is C11H15Cl2NO2S. The molecule has 0 aliphatic heterocycles. The van der Waals surface area contributed by atoms with Gasteiger partial charge >= 0.3 is 5.97 Å². The molecule has 0 saturated carbocycles. The highest BCUT2D eigenvalue weighted by Crippen LogP contribution is 2.31. The molecule has 1 aromatic heterocycles. The Balaban J connectivity index is 2.57. The van der Waals surface area contributed by atoms with Gasteiger partial charge in [-0.1, -0.05) is 37.0 Å². The van der Waals surface area contributed by atoms with Crippen molar-refractivity contribution in [3.05, 3.63) is 20.3 Å². The zero-order valence-electron chi connectivity index (χ0n) is 9.67. The molecule has 96 valence electrons. The summed E-state index contributed by atoms with van der Waals surface area (Å²) in [5.41, 5.74) is 0.844. The van der Waals surface area contributed by atoms with Crippen LogP contribution >= 0.6 is 34.5 Å². The van der Waals surface area contributed by atoms with Crippen LogP contribution in [0.3, 0.4) is 0 Å². The van der Waals surface area contributed by atoms with Crippen LogP contribution in [0.15, 0.2) is 6.07 Å². The van der Waals surface area contributed by atoms with Crippen molar-refractivity contribution < 1.29 is 9.90 Å². The van der Waals surface area contributed by atoms with Crippen LogP contribution in [0.4, 0.5) is 0 Å². The molecule has 0 fully saturated rings. The summed E-state index contributed by atoms with van der Waals surface area (Å²) in [6.07, 6.45) is 0.588. The Morgan fingerprint density at radius 2 is 2.18 bits per heavy atom. The minimum absolute atomic E-state index is 0.324. The molecule has 1 rings (SSSR count). The van der Waals surface area contributed by atoms with E-state index in [0.29, 0.717) is 27.6 Å². The summed E-state index contributed by atoms with van der Waals surface area (Å²) in [6, 6.07) is 1.21. The lowest BCUT2D eigenvalue weighted by Crippen LogP contribution is -2.37. The summed E-state index contributed by atoms with van der Waals surface area (Å²) in [5, 5.41) is 12.0. The van der Waals surface area contributed by atoms with E-state index in [-0.39, 0.29) is 0 Å². The summed E-state index contributed by atoms with van der Waals surface area (Å²) in [6.45, 7) is 4.41. The number of halogens is 2. The maximum atomic E-state index is 11.0. The maximum absolute atomic E-state index is 11.0. The van der Waals surface area contributed by atoms with E-state index in [1.54, 1.807) is 6.07 Å². The lowest BCUT2D eigenvalue weighted by Gasteiger charge is -2.16. The minimum Gasteiger partial charge on any atom is -0.480 e. The van der Waals surface area contributed by atoms with Crippen molar-refractivity contribution in [2.75, 3.05) is 0 Å². The number of rotatable bonds is 6. The highest BCUT2D eigenvalue weighted by Gasteiger charge is 2.18. The Morgan fingerprint density at radius 3 is 2.59 bits per heavy atom. The summed E-state index contributed by atoms with van der Waals surface area (Å²) >= 11 is 13.1. The van der Waals surface area contributed by atoms with Crippen molar-refractivity contribution >= 4 is 40.5 Å². The van der Waals surface area contributed by atoms with E-state index in [4.69, 9.17) is 28.3 Å². The van der Waals surface area contributed by atoms with Crippen LogP contribution < -0.4 is 5.32 Å². The number of hydrogen-bond donors (Lipinski definition) is 2. The fraction of sp³-hybridized carbons (Fsp3) is 0.545. The smallest absolute Gasteiger partial charge is 0.320 e. The van der Waals surface area contributed by atoms with Gasteiger partial charge in [0.1, 0.15) is 6.04 Å².